The van der Waals surface area contributed by atoms with Gasteiger partial charge in [0.05, 0.1) is 12.6 Å². The van der Waals surface area contributed by atoms with E-state index >= 15 is 0 Å². The lowest BCUT2D eigenvalue weighted by molar-refractivity contribution is -0.134. The Morgan fingerprint density at radius 3 is 2.51 bits per heavy atom. The predicted molar refractivity (Wildman–Crippen MR) is 147 cm³/mol. The van der Waals surface area contributed by atoms with Gasteiger partial charge in [-0.25, -0.2) is 4.79 Å². The molecular formula is C30H38N4O3. The average molecular weight is 503 g/mol. The number of carbonyl (C=O) groups excluding carboxylic acids is 2. The minimum atomic E-state index is -0.308. The number of rotatable bonds is 8. The van der Waals surface area contributed by atoms with Gasteiger partial charge < -0.3 is 24.4 Å². The molecule has 2 aromatic carbocycles. The van der Waals surface area contributed by atoms with Crippen LogP contribution in [-0.2, 0) is 16.1 Å². The summed E-state index contributed by atoms with van der Waals surface area (Å²) >= 11 is 0. The van der Waals surface area contributed by atoms with E-state index in [0.717, 1.165) is 34.6 Å². The molecule has 4 rings (SSSR count). The summed E-state index contributed by atoms with van der Waals surface area (Å²) in [7, 11) is 1.60. The monoisotopic (exact) mass is 502 g/mol. The summed E-state index contributed by atoms with van der Waals surface area (Å²) in [4.78, 5) is 30.5. The van der Waals surface area contributed by atoms with Gasteiger partial charge in [0.1, 0.15) is 6.54 Å². The Morgan fingerprint density at radius 2 is 1.81 bits per heavy atom. The summed E-state index contributed by atoms with van der Waals surface area (Å²) in [6.07, 6.45) is 2.06. The Bertz CT molecular complexity index is 1230. The molecule has 1 aliphatic heterocycles. The fourth-order valence-electron chi connectivity index (χ4n) is 4.85. The molecular weight excluding hydrogens is 464 g/mol. The van der Waals surface area contributed by atoms with E-state index in [0.29, 0.717) is 25.6 Å². The van der Waals surface area contributed by atoms with Crippen LogP contribution in [-0.4, -0.2) is 59.7 Å². The van der Waals surface area contributed by atoms with E-state index in [2.05, 4.69) is 60.3 Å². The van der Waals surface area contributed by atoms with E-state index in [1.165, 1.54) is 5.56 Å². The Balaban J connectivity index is 1.57. The molecule has 1 aromatic heterocycles. The maximum atomic E-state index is 13.8. The van der Waals surface area contributed by atoms with Gasteiger partial charge in [0.2, 0.25) is 5.91 Å². The molecule has 0 fully saturated rings. The van der Waals surface area contributed by atoms with Crippen LogP contribution in [0.4, 0.5) is 10.5 Å². The topological polar surface area (TPSA) is 66.8 Å². The Morgan fingerprint density at radius 1 is 1.05 bits per heavy atom. The van der Waals surface area contributed by atoms with Gasteiger partial charge in [-0.3, -0.25) is 4.79 Å². The SMILES string of the molecule is COCCN(CC(=O)N1CCn2cccc2C1c1ccc(C(C)C)cc1)C(=O)Nc1cccc(C)c1C. The smallest absolute Gasteiger partial charge is 0.322 e. The number of hydrogen-bond acceptors (Lipinski definition) is 3. The molecule has 7 nitrogen and oxygen atoms in total. The van der Waals surface area contributed by atoms with Crippen LogP contribution in [0.25, 0.3) is 0 Å². The zero-order chi connectivity index (χ0) is 26.5. The molecule has 2 heterocycles. The number of hydrogen-bond donors (Lipinski definition) is 1. The Labute approximate surface area is 220 Å². The lowest BCUT2D eigenvalue weighted by atomic mass is 9.95. The van der Waals surface area contributed by atoms with Gasteiger partial charge >= 0.3 is 6.03 Å². The molecule has 0 saturated heterocycles. The first kappa shape index (κ1) is 26.5. The number of aromatic nitrogens is 1. The fourth-order valence-corrected chi connectivity index (χ4v) is 4.85. The van der Waals surface area contributed by atoms with E-state index in [9.17, 15) is 9.59 Å². The summed E-state index contributed by atoms with van der Waals surface area (Å²) in [5, 5.41) is 3.00. The largest absolute Gasteiger partial charge is 0.383 e. The molecule has 3 aromatic rings. The van der Waals surface area contributed by atoms with Crippen LogP contribution in [0.1, 0.15) is 53.8 Å². The highest BCUT2D eigenvalue weighted by Gasteiger charge is 2.33. The summed E-state index contributed by atoms with van der Waals surface area (Å²) in [6, 6.07) is 17.9. The minimum Gasteiger partial charge on any atom is -0.383 e. The van der Waals surface area contributed by atoms with Crippen molar-refractivity contribution in [1.29, 1.82) is 0 Å². The second-order valence-corrected chi connectivity index (χ2v) is 10.0. The van der Waals surface area contributed by atoms with E-state index in [1.54, 1.807) is 12.0 Å². The van der Waals surface area contributed by atoms with Crippen molar-refractivity contribution < 1.29 is 14.3 Å². The number of benzene rings is 2. The zero-order valence-electron chi connectivity index (χ0n) is 22.5. The first-order valence-corrected chi connectivity index (χ1v) is 13.0. The van der Waals surface area contributed by atoms with Gasteiger partial charge in [-0.05, 0) is 60.2 Å². The van der Waals surface area contributed by atoms with Crippen molar-refractivity contribution in [2.24, 2.45) is 0 Å². The summed E-state index contributed by atoms with van der Waals surface area (Å²) in [5.74, 6) is 0.351. The number of methoxy groups -OCH3 is 1. The van der Waals surface area contributed by atoms with Crippen molar-refractivity contribution in [3.8, 4) is 0 Å². The van der Waals surface area contributed by atoms with Crippen molar-refractivity contribution in [3.63, 3.8) is 0 Å². The summed E-state index contributed by atoms with van der Waals surface area (Å²) in [6.45, 7) is 10.3. The first-order valence-electron chi connectivity index (χ1n) is 13.0. The Kier molecular flexibility index (Phi) is 8.34. The molecule has 0 saturated carbocycles. The number of anilines is 1. The van der Waals surface area contributed by atoms with E-state index < -0.39 is 0 Å². The third-order valence-corrected chi connectivity index (χ3v) is 7.30. The molecule has 3 amide bonds. The molecule has 196 valence electrons. The molecule has 1 N–H and O–H groups in total. The van der Waals surface area contributed by atoms with Gasteiger partial charge in [0.25, 0.3) is 0 Å². The molecule has 0 radical (unpaired) electrons. The van der Waals surface area contributed by atoms with Crippen LogP contribution in [0.2, 0.25) is 0 Å². The molecule has 0 bridgehead atoms. The quantitative estimate of drug-likeness (QED) is 0.452. The van der Waals surface area contributed by atoms with Crippen molar-refractivity contribution >= 4 is 17.6 Å². The molecule has 7 heteroatoms. The highest BCUT2D eigenvalue weighted by molar-refractivity contribution is 5.93. The molecule has 0 aliphatic carbocycles. The maximum Gasteiger partial charge on any atom is 0.322 e. The van der Waals surface area contributed by atoms with Crippen molar-refractivity contribution in [1.82, 2.24) is 14.4 Å². The highest BCUT2D eigenvalue weighted by atomic mass is 16.5. The highest BCUT2D eigenvalue weighted by Crippen LogP contribution is 2.33. The summed E-state index contributed by atoms with van der Waals surface area (Å²) < 4.78 is 7.46. The number of nitrogens with one attached hydrogen (secondary N) is 1. The molecule has 1 atom stereocenters. The lowest BCUT2D eigenvalue weighted by Crippen LogP contribution is -2.49. The maximum absolute atomic E-state index is 13.8. The third kappa shape index (κ3) is 5.88. The zero-order valence-corrected chi connectivity index (χ0v) is 22.5. The van der Waals surface area contributed by atoms with Gasteiger partial charge in [-0.2, -0.15) is 0 Å². The second kappa shape index (κ2) is 11.6. The van der Waals surface area contributed by atoms with Crippen LogP contribution < -0.4 is 5.32 Å². The minimum absolute atomic E-state index is 0.0264. The van der Waals surface area contributed by atoms with Crippen LogP contribution in [0.15, 0.2) is 60.8 Å². The van der Waals surface area contributed by atoms with Gasteiger partial charge in [0, 0.05) is 44.3 Å². The lowest BCUT2D eigenvalue weighted by Gasteiger charge is -2.38. The van der Waals surface area contributed by atoms with Crippen molar-refractivity contribution in [3.05, 3.63) is 88.7 Å². The van der Waals surface area contributed by atoms with Gasteiger partial charge in [0.15, 0.2) is 0 Å². The number of amides is 3. The summed E-state index contributed by atoms with van der Waals surface area (Å²) in [5.41, 5.74) is 6.27. The van der Waals surface area contributed by atoms with Gasteiger partial charge in [-0.15, -0.1) is 0 Å². The number of fused-ring (bicyclic) bond motifs is 1. The van der Waals surface area contributed by atoms with Crippen molar-refractivity contribution in [2.75, 3.05) is 38.7 Å². The third-order valence-electron chi connectivity index (χ3n) is 7.30. The Hall–Kier alpha value is -3.58. The molecule has 1 aliphatic rings. The first-order chi connectivity index (χ1) is 17.8. The number of urea groups is 1. The normalized spacial score (nSPS) is 15.0. The van der Waals surface area contributed by atoms with E-state index in [1.807, 2.05) is 43.0 Å². The second-order valence-electron chi connectivity index (χ2n) is 10.0. The fraction of sp³-hybridized carbons (Fsp3) is 0.400. The number of aryl methyl sites for hydroxylation is 1. The standard InChI is InChI=1S/C30H38N4O3/c1-21(2)24-11-13-25(14-12-24)29-27-10-7-15-32(27)16-17-34(29)28(35)20-33(18-19-37-5)30(36)31-26-9-6-8-22(3)23(26)4/h6-15,21,29H,16-20H2,1-5H3,(H,31,36). The van der Waals surface area contributed by atoms with Crippen molar-refractivity contribution in [2.45, 2.75) is 46.2 Å². The molecule has 1 unspecified atom stereocenters. The number of carbonyl (C=O) groups is 2. The van der Waals surface area contributed by atoms with Crippen LogP contribution in [0.3, 0.4) is 0 Å². The molecule has 37 heavy (non-hydrogen) atoms. The predicted octanol–water partition coefficient (Wildman–Crippen LogP) is 5.34. The van der Waals surface area contributed by atoms with Crippen LogP contribution in [0, 0.1) is 13.8 Å². The molecule has 0 spiro atoms. The van der Waals surface area contributed by atoms with Crippen LogP contribution in [0.5, 0.6) is 0 Å². The van der Waals surface area contributed by atoms with Crippen LogP contribution >= 0.6 is 0 Å². The number of ether oxygens (including phenoxy) is 1. The number of nitrogens with zero attached hydrogens (tertiary/aromatic N) is 3. The van der Waals surface area contributed by atoms with Gasteiger partial charge in [-0.1, -0.05) is 50.2 Å². The average Bonchev–Trinajstić information content (AvgIpc) is 3.37. The van der Waals surface area contributed by atoms with E-state index in [4.69, 9.17) is 4.74 Å². The van der Waals surface area contributed by atoms with E-state index in [-0.39, 0.29) is 24.5 Å².